The summed E-state index contributed by atoms with van der Waals surface area (Å²) in [7, 11) is -2.02. The van der Waals surface area contributed by atoms with Crippen molar-refractivity contribution in [2.24, 2.45) is 5.92 Å². The summed E-state index contributed by atoms with van der Waals surface area (Å²) in [5.74, 6) is -1.60. The molecule has 0 aliphatic heterocycles. The molecule has 0 aliphatic carbocycles. The van der Waals surface area contributed by atoms with Gasteiger partial charge in [0.1, 0.15) is 12.0 Å². The highest BCUT2D eigenvalue weighted by molar-refractivity contribution is 6.74. The van der Waals surface area contributed by atoms with Crippen LogP contribution in [0.15, 0.2) is 12.7 Å². The van der Waals surface area contributed by atoms with Crippen molar-refractivity contribution in [1.29, 1.82) is 0 Å². The van der Waals surface area contributed by atoms with Gasteiger partial charge in [-0.2, -0.15) is 0 Å². The van der Waals surface area contributed by atoms with Gasteiger partial charge in [0.15, 0.2) is 8.32 Å². The highest BCUT2D eigenvalue weighted by Gasteiger charge is 2.40. The molecule has 0 rings (SSSR count). The Labute approximate surface area is 135 Å². The van der Waals surface area contributed by atoms with Gasteiger partial charge in [-0.15, -0.1) is 0 Å². The van der Waals surface area contributed by atoms with E-state index in [1.807, 2.05) is 0 Å². The molecule has 2 unspecified atom stereocenters. The average molecular weight is 330 g/mol. The zero-order valence-electron chi connectivity index (χ0n) is 14.9. The molecule has 0 aromatic carbocycles. The van der Waals surface area contributed by atoms with E-state index in [9.17, 15) is 9.59 Å². The Morgan fingerprint density at radius 3 is 2.18 bits per heavy atom. The number of esters is 2. The van der Waals surface area contributed by atoms with Crippen LogP contribution >= 0.6 is 0 Å². The third kappa shape index (κ3) is 6.32. The summed E-state index contributed by atoms with van der Waals surface area (Å²) in [6.45, 7) is 17.7. The molecule has 22 heavy (non-hydrogen) atoms. The topological polar surface area (TPSA) is 61.8 Å². The summed E-state index contributed by atoms with van der Waals surface area (Å²) in [5, 5.41) is 0.0251. The molecule has 0 radical (unpaired) electrons. The molecule has 128 valence electrons. The van der Waals surface area contributed by atoms with Gasteiger partial charge in [0.25, 0.3) is 0 Å². The largest absolute Gasteiger partial charge is 0.466 e. The predicted octanol–water partition coefficient (Wildman–Crippen LogP) is 3.31. The summed E-state index contributed by atoms with van der Waals surface area (Å²) in [4.78, 5) is 23.4. The predicted molar refractivity (Wildman–Crippen MR) is 89.0 cm³/mol. The summed E-state index contributed by atoms with van der Waals surface area (Å²) in [6, 6.07) is 0. The molecular weight excluding hydrogens is 300 g/mol. The van der Waals surface area contributed by atoms with Crippen LogP contribution < -0.4 is 0 Å². The first kappa shape index (κ1) is 20.9. The van der Waals surface area contributed by atoms with Gasteiger partial charge in [-0.25, -0.2) is 0 Å². The van der Waals surface area contributed by atoms with Crippen molar-refractivity contribution in [1.82, 2.24) is 0 Å². The van der Waals surface area contributed by atoms with Crippen molar-refractivity contribution in [3.63, 3.8) is 0 Å². The fraction of sp³-hybridized carbons (Fsp3) is 0.750. The number of hydrogen-bond acceptors (Lipinski definition) is 5. The fourth-order valence-corrected chi connectivity index (χ4v) is 2.58. The molecule has 0 aromatic heterocycles. The number of carbonyl (C=O) groups is 2. The smallest absolute Gasteiger partial charge is 0.315 e. The lowest BCUT2D eigenvalue weighted by Crippen LogP contribution is -2.45. The van der Waals surface area contributed by atoms with Gasteiger partial charge in [-0.05, 0) is 25.1 Å². The minimum absolute atomic E-state index is 0.0251. The van der Waals surface area contributed by atoms with Gasteiger partial charge in [0.05, 0.1) is 13.2 Å². The first-order chi connectivity index (χ1) is 9.96. The van der Waals surface area contributed by atoms with Crippen LogP contribution in [0.4, 0.5) is 0 Å². The molecule has 5 nitrogen and oxygen atoms in total. The highest BCUT2D eigenvalue weighted by atomic mass is 28.4. The summed E-state index contributed by atoms with van der Waals surface area (Å²) < 4.78 is 16.3. The zero-order valence-corrected chi connectivity index (χ0v) is 15.9. The van der Waals surface area contributed by atoms with E-state index >= 15 is 0 Å². The second-order valence-electron chi connectivity index (χ2n) is 6.74. The minimum atomic E-state index is -2.02. The summed E-state index contributed by atoms with van der Waals surface area (Å²) in [6.07, 6.45) is 0.694. The molecule has 0 saturated carbocycles. The molecule has 0 bridgehead atoms. The van der Waals surface area contributed by atoms with Crippen molar-refractivity contribution in [3.05, 3.63) is 12.7 Å². The molecule has 0 aliphatic rings. The Kier molecular flexibility index (Phi) is 8.04. The zero-order chi connectivity index (χ0) is 17.6. The van der Waals surface area contributed by atoms with Crippen molar-refractivity contribution in [2.75, 3.05) is 13.2 Å². The Bertz CT molecular complexity index is 398. The van der Waals surface area contributed by atoms with Crippen LogP contribution in [0, 0.1) is 5.92 Å². The van der Waals surface area contributed by atoms with E-state index in [0.717, 1.165) is 0 Å². The SMILES string of the molecule is C=CC(OC(C)=O)C(CO[Si](C)(C)C(C)(C)C)C(=O)OCC. The van der Waals surface area contributed by atoms with E-state index in [4.69, 9.17) is 13.9 Å². The minimum Gasteiger partial charge on any atom is -0.466 e. The van der Waals surface area contributed by atoms with Gasteiger partial charge < -0.3 is 13.9 Å². The van der Waals surface area contributed by atoms with Gasteiger partial charge in [0, 0.05) is 6.92 Å². The van der Waals surface area contributed by atoms with Crippen molar-refractivity contribution in [2.45, 2.75) is 58.9 Å². The molecule has 0 saturated heterocycles. The first-order valence-corrected chi connectivity index (χ1v) is 10.5. The number of ether oxygens (including phenoxy) is 2. The van der Waals surface area contributed by atoms with E-state index in [2.05, 4.69) is 40.4 Å². The lowest BCUT2D eigenvalue weighted by atomic mass is 10.0. The average Bonchev–Trinajstić information content (AvgIpc) is 2.35. The monoisotopic (exact) mass is 330 g/mol. The quantitative estimate of drug-likeness (QED) is 0.388. The maximum atomic E-state index is 12.2. The van der Waals surface area contributed by atoms with E-state index in [0.29, 0.717) is 0 Å². The van der Waals surface area contributed by atoms with E-state index < -0.39 is 32.3 Å². The lowest BCUT2D eigenvalue weighted by Gasteiger charge is -2.37. The Balaban J connectivity index is 5.13. The van der Waals surface area contributed by atoms with Gasteiger partial charge in [0.2, 0.25) is 0 Å². The second-order valence-corrected chi connectivity index (χ2v) is 11.5. The molecule has 0 amide bonds. The molecule has 2 atom stereocenters. The van der Waals surface area contributed by atoms with Crippen LogP contribution in [0.1, 0.15) is 34.6 Å². The number of hydrogen-bond donors (Lipinski definition) is 0. The summed E-state index contributed by atoms with van der Waals surface area (Å²) in [5.41, 5.74) is 0. The molecule has 0 fully saturated rings. The first-order valence-electron chi connectivity index (χ1n) is 7.56. The third-order valence-corrected chi connectivity index (χ3v) is 8.45. The van der Waals surface area contributed by atoms with Crippen molar-refractivity contribution < 1.29 is 23.5 Å². The van der Waals surface area contributed by atoms with Crippen LogP contribution in [0.25, 0.3) is 0 Å². The summed E-state index contributed by atoms with van der Waals surface area (Å²) >= 11 is 0. The molecular formula is C16H30O5Si. The van der Waals surface area contributed by atoms with Gasteiger partial charge >= 0.3 is 11.9 Å². The van der Waals surface area contributed by atoms with Crippen LogP contribution in [0.5, 0.6) is 0 Å². The maximum Gasteiger partial charge on any atom is 0.315 e. The Morgan fingerprint density at radius 2 is 1.82 bits per heavy atom. The van der Waals surface area contributed by atoms with Crippen molar-refractivity contribution >= 4 is 20.3 Å². The normalized spacial score (nSPS) is 14.9. The van der Waals surface area contributed by atoms with Crippen LogP contribution in [-0.2, 0) is 23.5 Å². The molecule has 0 N–H and O–H groups in total. The second kappa shape index (κ2) is 8.48. The van der Waals surface area contributed by atoms with Gasteiger partial charge in [-0.3, -0.25) is 9.59 Å². The lowest BCUT2D eigenvalue weighted by molar-refractivity contribution is -0.159. The van der Waals surface area contributed by atoms with E-state index in [-0.39, 0.29) is 18.3 Å². The van der Waals surface area contributed by atoms with E-state index in [1.54, 1.807) is 6.92 Å². The Hall–Kier alpha value is -1.14. The molecule has 0 aromatic rings. The fourth-order valence-electron chi connectivity index (χ4n) is 1.55. The molecule has 0 heterocycles. The number of rotatable bonds is 8. The standard InChI is InChI=1S/C16H30O5Si/c1-9-14(21-12(3)17)13(15(18)19-10-2)11-20-22(7,8)16(4,5)6/h9,13-14H,1,10-11H2,2-8H3. The van der Waals surface area contributed by atoms with Gasteiger partial charge in [-0.1, -0.05) is 33.4 Å². The third-order valence-electron chi connectivity index (χ3n) is 3.95. The molecule has 0 spiro atoms. The maximum absolute atomic E-state index is 12.2. The Morgan fingerprint density at radius 1 is 1.27 bits per heavy atom. The number of carbonyl (C=O) groups excluding carboxylic acids is 2. The van der Waals surface area contributed by atoms with Crippen LogP contribution in [0.3, 0.4) is 0 Å². The van der Waals surface area contributed by atoms with Crippen molar-refractivity contribution in [3.8, 4) is 0 Å². The van der Waals surface area contributed by atoms with Crippen LogP contribution in [0.2, 0.25) is 18.1 Å². The van der Waals surface area contributed by atoms with E-state index in [1.165, 1.54) is 13.0 Å². The van der Waals surface area contributed by atoms with Crippen LogP contribution in [-0.4, -0.2) is 39.6 Å². The highest BCUT2D eigenvalue weighted by Crippen LogP contribution is 2.37. The molecule has 6 heteroatoms.